The summed E-state index contributed by atoms with van der Waals surface area (Å²) in [5.74, 6) is 0.408. The molecule has 6 nitrogen and oxygen atoms in total. The molecule has 0 spiro atoms. The summed E-state index contributed by atoms with van der Waals surface area (Å²) in [6, 6.07) is 15.1. The van der Waals surface area contributed by atoms with Gasteiger partial charge in [-0.2, -0.15) is 0 Å². The first-order chi connectivity index (χ1) is 11.2. The van der Waals surface area contributed by atoms with Crippen molar-refractivity contribution in [2.24, 2.45) is 0 Å². The van der Waals surface area contributed by atoms with Gasteiger partial charge in [-0.3, -0.25) is 9.78 Å². The highest BCUT2D eigenvalue weighted by atomic mass is 16.4. The number of carbonyl (C=O) groups is 1. The molecule has 0 aliphatic carbocycles. The first kappa shape index (κ1) is 14.9. The van der Waals surface area contributed by atoms with Gasteiger partial charge in [0.25, 0.3) is 5.89 Å². The Labute approximate surface area is 133 Å². The SMILES string of the molecule is C[C@H](NC(=O)Cc1nnc(-c2ccccn2)o1)c1ccccc1. The maximum Gasteiger partial charge on any atom is 0.266 e. The molecule has 0 fully saturated rings. The van der Waals surface area contributed by atoms with E-state index >= 15 is 0 Å². The summed E-state index contributed by atoms with van der Waals surface area (Å²) >= 11 is 0. The molecule has 3 rings (SSSR count). The zero-order valence-electron chi connectivity index (χ0n) is 12.6. The van der Waals surface area contributed by atoms with E-state index in [4.69, 9.17) is 4.42 Å². The van der Waals surface area contributed by atoms with E-state index in [1.54, 1.807) is 18.3 Å². The summed E-state index contributed by atoms with van der Waals surface area (Å²) in [4.78, 5) is 16.2. The van der Waals surface area contributed by atoms with E-state index in [1.807, 2.05) is 43.3 Å². The lowest BCUT2D eigenvalue weighted by molar-refractivity contribution is -0.121. The number of nitrogens with zero attached hydrogens (tertiary/aromatic N) is 3. The number of pyridine rings is 1. The molecule has 0 saturated heterocycles. The normalized spacial score (nSPS) is 11.9. The Morgan fingerprint density at radius 2 is 1.91 bits per heavy atom. The highest BCUT2D eigenvalue weighted by Crippen LogP contribution is 2.15. The number of hydrogen-bond acceptors (Lipinski definition) is 5. The largest absolute Gasteiger partial charge is 0.419 e. The molecule has 1 amide bonds. The average Bonchev–Trinajstić information content (AvgIpc) is 3.04. The quantitative estimate of drug-likeness (QED) is 0.783. The van der Waals surface area contributed by atoms with Crippen LogP contribution in [-0.4, -0.2) is 21.1 Å². The molecule has 0 aliphatic rings. The summed E-state index contributed by atoms with van der Waals surface area (Å²) in [5.41, 5.74) is 1.63. The zero-order valence-corrected chi connectivity index (χ0v) is 12.6. The molecule has 6 heteroatoms. The molecule has 0 aliphatic heterocycles. The fourth-order valence-electron chi connectivity index (χ4n) is 2.17. The van der Waals surface area contributed by atoms with Crippen LogP contribution in [0.1, 0.15) is 24.4 Å². The van der Waals surface area contributed by atoms with Crippen LogP contribution in [0.2, 0.25) is 0 Å². The number of amides is 1. The standard InChI is InChI=1S/C17H16N4O2/c1-12(13-7-3-2-4-8-13)19-15(22)11-16-20-21-17(23-16)14-9-5-6-10-18-14/h2-10,12H,11H2,1H3,(H,19,22)/t12-/m0/s1. The van der Waals surface area contributed by atoms with Gasteiger partial charge in [-0.1, -0.05) is 36.4 Å². The molecule has 0 bridgehead atoms. The molecule has 2 aromatic heterocycles. The Bertz CT molecular complexity index is 772. The van der Waals surface area contributed by atoms with Crippen LogP contribution in [-0.2, 0) is 11.2 Å². The maximum absolute atomic E-state index is 12.1. The summed E-state index contributed by atoms with van der Waals surface area (Å²) in [5, 5.41) is 10.7. The van der Waals surface area contributed by atoms with Gasteiger partial charge in [-0.25, -0.2) is 0 Å². The van der Waals surface area contributed by atoms with Crippen molar-refractivity contribution in [3.8, 4) is 11.6 Å². The molecule has 0 saturated carbocycles. The van der Waals surface area contributed by atoms with Gasteiger partial charge in [0, 0.05) is 6.20 Å². The lowest BCUT2D eigenvalue weighted by Crippen LogP contribution is -2.28. The zero-order chi connectivity index (χ0) is 16.1. The van der Waals surface area contributed by atoms with Crippen LogP contribution in [0.4, 0.5) is 0 Å². The first-order valence-corrected chi connectivity index (χ1v) is 7.30. The third-order valence-electron chi connectivity index (χ3n) is 3.34. The van der Waals surface area contributed by atoms with E-state index in [0.717, 1.165) is 5.56 Å². The Kier molecular flexibility index (Phi) is 4.42. The van der Waals surface area contributed by atoms with Gasteiger partial charge in [0.15, 0.2) is 0 Å². The van der Waals surface area contributed by atoms with Crippen molar-refractivity contribution in [1.82, 2.24) is 20.5 Å². The molecule has 1 N–H and O–H groups in total. The second-order valence-electron chi connectivity index (χ2n) is 5.09. The molecule has 23 heavy (non-hydrogen) atoms. The number of carbonyl (C=O) groups excluding carboxylic acids is 1. The number of nitrogens with one attached hydrogen (secondary N) is 1. The highest BCUT2D eigenvalue weighted by molar-refractivity contribution is 5.78. The van der Waals surface area contributed by atoms with E-state index in [0.29, 0.717) is 11.6 Å². The van der Waals surface area contributed by atoms with Crippen molar-refractivity contribution >= 4 is 5.91 Å². The Hall–Kier alpha value is -3.02. The third kappa shape index (κ3) is 3.79. The Morgan fingerprint density at radius 1 is 1.13 bits per heavy atom. The van der Waals surface area contributed by atoms with Crippen LogP contribution in [0.3, 0.4) is 0 Å². The van der Waals surface area contributed by atoms with E-state index < -0.39 is 0 Å². The lowest BCUT2D eigenvalue weighted by Gasteiger charge is -2.13. The summed E-state index contributed by atoms with van der Waals surface area (Å²) in [6.45, 7) is 1.93. The van der Waals surface area contributed by atoms with E-state index in [1.165, 1.54) is 0 Å². The van der Waals surface area contributed by atoms with Gasteiger partial charge in [0.1, 0.15) is 12.1 Å². The predicted molar refractivity (Wildman–Crippen MR) is 84.2 cm³/mol. The maximum atomic E-state index is 12.1. The number of rotatable bonds is 5. The molecular weight excluding hydrogens is 292 g/mol. The number of hydrogen-bond donors (Lipinski definition) is 1. The second-order valence-corrected chi connectivity index (χ2v) is 5.09. The van der Waals surface area contributed by atoms with Crippen molar-refractivity contribution in [2.45, 2.75) is 19.4 Å². The van der Waals surface area contributed by atoms with Crippen molar-refractivity contribution in [3.63, 3.8) is 0 Å². The van der Waals surface area contributed by atoms with E-state index in [2.05, 4.69) is 20.5 Å². The van der Waals surface area contributed by atoms with Crippen LogP contribution < -0.4 is 5.32 Å². The van der Waals surface area contributed by atoms with Gasteiger partial charge in [-0.15, -0.1) is 10.2 Å². The average molecular weight is 308 g/mol. The fraction of sp³-hybridized carbons (Fsp3) is 0.176. The monoisotopic (exact) mass is 308 g/mol. The minimum atomic E-state index is -0.169. The Morgan fingerprint density at radius 3 is 2.65 bits per heavy atom. The predicted octanol–water partition coefficient (Wildman–Crippen LogP) is 2.55. The van der Waals surface area contributed by atoms with Crippen molar-refractivity contribution in [1.29, 1.82) is 0 Å². The molecule has 2 heterocycles. The van der Waals surface area contributed by atoms with Gasteiger partial charge >= 0.3 is 0 Å². The summed E-state index contributed by atoms with van der Waals surface area (Å²) in [6.07, 6.45) is 1.68. The minimum Gasteiger partial charge on any atom is -0.419 e. The van der Waals surface area contributed by atoms with Crippen LogP contribution in [0.5, 0.6) is 0 Å². The van der Waals surface area contributed by atoms with Gasteiger partial charge in [0.05, 0.1) is 6.04 Å². The third-order valence-corrected chi connectivity index (χ3v) is 3.34. The molecule has 116 valence electrons. The topological polar surface area (TPSA) is 80.9 Å². The number of benzene rings is 1. The Balaban J connectivity index is 1.61. The van der Waals surface area contributed by atoms with Gasteiger partial charge in [-0.05, 0) is 24.6 Å². The van der Waals surface area contributed by atoms with Crippen molar-refractivity contribution < 1.29 is 9.21 Å². The fourth-order valence-corrected chi connectivity index (χ4v) is 2.17. The smallest absolute Gasteiger partial charge is 0.266 e. The van der Waals surface area contributed by atoms with Crippen LogP contribution >= 0.6 is 0 Å². The summed E-state index contributed by atoms with van der Waals surface area (Å²) in [7, 11) is 0. The van der Waals surface area contributed by atoms with Gasteiger partial charge < -0.3 is 9.73 Å². The molecule has 0 unspecified atom stereocenters. The van der Waals surface area contributed by atoms with E-state index in [-0.39, 0.29) is 24.3 Å². The molecular formula is C17H16N4O2. The van der Waals surface area contributed by atoms with Gasteiger partial charge in [0.2, 0.25) is 11.8 Å². The molecule has 3 aromatic rings. The van der Waals surface area contributed by atoms with Crippen LogP contribution in [0, 0.1) is 0 Å². The van der Waals surface area contributed by atoms with Crippen molar-refractivity contribution in [3.05, 3.63) is 66.2 Å². The minimum absolute atomic E-state index is 0.0387. The molecule has 0 radical (unpaired) electrons. The van der Waals surface area contributed by atoms with Crippen LogP contribution in [0.25, 0.3) is 11.6 Å². The highest BCUT2D eigenvalue weighted by Gasteiger charge is 2.15. The van der Waals surface area contributed by atoms with Crippen LogP contribution in [0.15, 0.2) is 59.1 Å². The first-order valence-electron chi connectivity index (χ1n) is 7.30. The molecule has 1 atom stereocenters. The number of aromatic nitrogens is 3. The molecule has 1 aromatic carbocycles. The second kappa shape index (κ2) is 6.83. The van der Waals surface area contributed by atoms with Crippen molar-refractivity contribution in [2.75, 3.05) is 0 Å². The lowest BCUT2D eigenvalue weighted by atomic mass is 10.1. The van der Waals surface area contributed by atoms with E-state index in [9.17, 15) is 4.79 Å². The summed E-state index contributed by atoms with van der Waals surface area (Å²) < 4.78 is 5.48.